The van der Waals surface area contributed by atoms with E-state index in [1.54, 1.807) is 6.07 Å². The van der Waals surface area contributed by atoms with E-state index in [9.17, 15) is 4.39 Å². The molecule has 90 valence electrons. The van der Waals surface area contributed by atoms with Gasteiger partial charge < -0.3 is 15.6 Å². The first-order chi connectivity index (χ1) is 8.06. The van der Waals surface area contributed by atoms with Gasteiger partial charge in [0.2, 0.25) is 0 Å². The number of hydrogen-bond donors (Lipinski definition) is 2. The minimum atomic E-state index is -0.365. The molecule has 1 aromatic carbocycles. The lowest BCUT2D eigenvalue weighted by atomic mass is 10.2. The van der Waals surface area contributed by atoms with E-state index in [0.717, 1.165) is 5.69 Å². The van der Waals surface area contributed by atoms with Gasteiger partial charge in [0.25, 0.3) is 0 Å². The molecule has 0 saturated heterocycles. The average molecular weight is 300 g/mol. The highest BCUT2D eigenvalue weighted by atomic mass is 79.9. The van der Waals surface area contributed by atoms with Crippen LogP contribution in [0.5, 0.6) is 0 Å². The van der Waals surface area contributed by atoms with E-state index in [-0.39, 0.29) is 5.82 Å². The predicted octanol–water partition coefficient (Wildman–Crippen LogP) is 3.08. The molecule has 1 heterocycles. The van der Waals surface area contributed by atoms with E-state index in [4.69, 9.17) is 10.3 Å². The fourth-order valence-electron chi connectivity index (χ4n) is 1.40. The van der Waals surface area contributed by atoms with Gasteiger partial charge in [-0.3, -0.25) is 0 Å². The number of nitrogens with one attached hydrogen (secondary N) is 1. The molecule has 0 aliphatic heterocycles. The van der Waals surface area contributed by atoms with Crippen molar-refractivity contribution in [2.45, 2.75) is 13.5 Å². The molecule has 0 saturated carbocycles. The highest BCUT2D eigenvalue weighted by molar-refractivity contribution is 9.10. The Bertz CT molecular complexity index is 542. The van der Waals surface area contributed by atoms with Crippen molar-refractivity contribution in [2.24, 2.45) is 0 Å². The minimum Gasteiger partial charge on any atom is -0.397 e. The summed E-state index contributed by atoms with van der Waals surface area (Å²) in [6.07, 6.45) is 0. The first kappa shape index (κ1) is 11.9. The second kappa shape index (κ2) is 4.75. The summed E-state index contributed by atoms with van der Waals surface area (Å²) in [5.74, 6) is 0.306. The Balaban J connectivity index is 2.11. The maximum atomic E-state index is 13.3. The van der Waals surface area contributed by atoms with Crippen molar-refractivity contribution in [1.82, 2.24) is 5.16 Å². The molecule has 0 spiro atoms. The van der Waals surface area contributed by atoms with Crippen LogP contribution in [-0.2, 0) is 6.54 Å². The molecule has 17 heavy (non-hydrogen) atoms. The van der Waals surface area contributed by atoms with Crippen molar-refractivity contribution in [1.29, 1.82) is 0 Å². The van der Waals surface area contributed by atoms with Gasteiger partial charge >= 0.3 is 0 Å². The van der Waals surface area contributed by atoms with Gasteiger partial charge in [0.05, 0.1) is 28.1 Å². The largest absolute Gasteiger partial charge is 0.397 e. The highest BCUT2D eigenvalue weighted by Gasteiger charge is 2.07. The summed E-state index contributed by atoms with van der Waals surface area (Å²) in [7, 11) is 0. The summed E-state index contributed by atoms with van der Waals surface area (Å²) in [6.45, 7) is 2.24. The molecule has 3 N–H and O–H groups in total. The van der Waals surface area contributed by atoms with E-state index in [1.165, 1.54) is 12.1 Å². The second-order valence-corrected chi connectivity index (χ2v) is 4.50. The first-order valence-corrected chi connectivity index (χ1v) is 5.76. The molecule has 0 unspecified atom stereocenters. The molecule has 0 atom stereocenters. The monoisotopic (exact) mass is 299 g/mol. The number of nitrogens with two attached hydrogens (primary N) is 1. The molecule has 0 bridgehead atoms. The lowest BCUT2D eigenvalue weighted by molar-refractivity contribution is 0.384. The fraction of sp³-hybridized carbons (Fsp3) is 0.182. The molecule has 2 aromatic rings. The maximum Gasteiger partial charge on any atom is 0.156 e. The third-order valence-corrected chi connectivity index (χ3v) is 2.83. The number of aryl methyl sites for hydroxylation is 1. The Morgan fingerprint density at radius 1 is 1.47 bits per heavy atom. The number of anilines is 2. The van der Waals surface area contributed by atoms with Crippen LogP contribution in [0, 0.1) is 12.7 Å². The minimum absolute atomic E-state index is 0.344. The molecule has 4 nitrogen and oxygen atoms in total. The molecule has 6 heteroatoms. The number of nitrogens with zero attached hydrogens (tertiary/aromatic N) is 1. The van der Waals surface area contributed by atoms with E-state index in [0.29, 0.717) is 28.2 Å². The summed E-state index contributed by atoms with van der Waals surface area (Å²) < 4.78 is 18.7. The predicted molar refractivity (Wildman–Crippen MR) is 67.1 cm³/mol. The Morgan fingerprint density at radius 2 is 2.24 bits per heavy atom. The van der Waals surface area contributed by atoms with Gasteiger partial charge in [-0.1, -0.05) is 5.16 Å². The molecule has 2 rings (SSSR count). The van der Waals surface area contributed by atoms with Crippen LogP contribution in [0.2, 0.25) is 0 Å². The van der Waals surface area contributed by atoms with E-state index >= 15 is 0 Å². The Labute approximate surface area is 106 Å². The Morgan fingerprint density at radius 3 is 2.88 bits per heavy atom. The number of aromatic nitrogens is 1. The topological polar surface area (TPSA) is 64.1 Å². The number of halogens is 2. The van der Waals surface area contributed by atoms with Gasteiger partial charge in [0.1, 0.15) is 5.82 Å². The number of nitrogen functional groups attached to an aromatic ring is 1. The van der Waals surface area contributed by atoms with E-state index < -0.39 is 0 Å². The Hall–Kier alpha value is -1.56. The summed E-state index contributed by atoms with van der Waals surface area (Å²) in [5, 5.41) is 6.75. The zero-order valence-corrected chi connectivity index (χ0v) is 10.7. The van der Waals surface area contributed by atoms with Gasteiger partial charge in [0, 0.05) is 12.1 Å². The van der Waals surface area contributed by atoms with Crippen LogP contribution >= 0.6 is 15.9 Å². The van der Waals surface area contributed by atoms with Gasteiger partial charge in [0.15, 0.2) is 5.76 Å². The fourth-order valence-corrected chi connectivity index (χ4v) is 1.76. The molecular formula is C11H11BrFN3O. The van der Waals surface area contributed by atoms with Crippen LogP contribution < -0.4 is 11.1 Å². The van der Waals surface area contributed by atoms with Crippen molar-refractivity contribution in [2.75, 3.05) is 11.1 Å². The zero-order valence-electron chi connectivity index (χ0n) is 9.13. The van der Waals surface area contributed by atoms with Crippen molar-refractivity contribution in [3.05, 3.63) is 39.9 Å². The summed E-state index contributed by atoms with van der Waals surface area (Å²) >= 11 is 3.07. The van der Waals surface area contributed by atoms with E-state index in [1.807, 2.05) is 6.92 Å². The molecular weight excluding hydrogens is 289 g/mol. The number of rotatable bonds is 3. The van der Waals surface area contributed by atoms with Crippen LogP contribution in [0.25, 0.3) is 0 Å². The lowest BCUT2D eigenvalue weighted by Crippen LogP contribution is -2.02. The molecule has 0 aliphatic carbocycles. The van der Waals surface area contributed by atoms with Crippen LogP contribution in [0.15, 0.2) is 27.2 Å². The maximum absolute atomic E-state index is 13.3. The van der Waals surface area contributed by atoms with Crippen LogP contribution in [0.3, 0.4) is 0 Å². The van der Waals surface area contributed by atoms with Crippen molar-refractivity contribution in [3.63, 3.8) is 0 Å². The van der Waals surface area contributed by atoms with Crippen LogP contribution in [-0.4, -0.2) is 5.16 Å². The quantitative estimate of drug-likeness (QED) is 0.855. The normalized spacial score (nSPS) is 10.5. The van der Waals surface area contributed by atoms with Crippen molar-refractivity contribution < 1.29 is 8.91 Å². The highest BCUT2D eigenvalue weighted by Crippen LogP contribution is 2.26. The lowest BCUT2D eigenvalue weighted by Gasteiger charge is -2.08. The van der Waals surface area contributed by atoms with Gasteiger partial charge in [-0.2, -0.15) is 0 Å². The van der Waals surface area contributed by atoms with Gasteiger partial charge in [-0.15, -0.1) is 0 Å². The van der Waals surface area contributed by atoms with Crippen molar-refractivity contribution in [3.8, 4) is 0 Å². The molecule has 0 aliphatic rings. The summed E-state index contributed by atoms with van der Waals surface area (Å²) in [6, 6.07) is 4.66. The van der Waals surface area contributed by atoms with Gasteiger partial charge in [-0.05, 0) is 28.9 Å². The number of benzene rings is 1. The SMILES string of the molecule is Cc1cc(CNc2cc(F)c(Br)cc2N)on1. The first-order valence-electron chi connectivity index (χ1n) is 4.97. The molecule has 1 aromatic heterocycles. The third-order valence-electron chi connectivity index (χ3n) is 2.22. The smallest absolute Gasteiger partial charge is 0.156 e. The Kier molecular flexibility index (Phi) is 3.33. The summed E-state index contributed by atoms with van der Waals surface area (Å²) in [4.78, 5) is 0. The molecule has 0 radical (unpaired) electrons. The average Bonchev–Trinajstić information content (AvgIpc) is 2.68. The van der Waals surface area contributed by atoms with Crippen LogP contribution in [0.1, 0.15) is 11.5 Å². The zero-order chi connectivity index (χ0) is 12.4. The third kappa shape index (κ3) is 2.76. The second-order valence-electron chi connectivity index (χ2n) is 3.64. The van der Waals surface area contributed by atoms with Gasteiger partial charge in [-0.25, -0.2) is 4.39 Å². The molecule has 0 amide bonds. The molecule has 0 fully saturated rings. The number of hydrogen-bond acceptors (Lipinski definition) is 4. The van der Waals surface area contributed by atoms with E-state index in [2.05, 4.69) is 26.4 Å². The van der Waals surface area contributed by atoms with Crippen LogP contribution in [0.4, 0.5) is 15.8 Å². The standard InChI is InChI=1S/C11H11BrFN3O/c1-6-2-7(17-16-6)5-15-11-4-9(13)8(12)3-10(11)14/h2-4,15H,5,14H2,1H3. The van der Waals surface area contributed by atoms with Crippen molar-refractivity contribution >= 4 is 27.3 Å². The summed E-state index contributed by atoms with van der Waals surface area (Å²) in [5.41, 5.74) is 7.55.